The highest BCUT2D eigenvalue weighted by atomic mass is 79.9. The van der Waals surface area contributed by atoms with Crippen LogP contribution in [0.25, 0.3) is 11.0 Å². The Kier molecular flexibility index (Phi) is 4.28. The highest BCUT2D eigenvalue weighted by Crippen LogP contribution is 2.21. The zero-order valence-electron chi connectivity index (χ0n) is 9.61. The summed E-state index contributed by atoms with van der Waals surface area (Å²) in [6.45, 7) is 1.62. The van der Waals surface area contributed by atoms with Gasteiger partial charge in [-0.2, -0.15) is 0 Å². The van der Waals surface area contributed by atoms with E-state index in [1.165, 1.54) is 0 Å². The molecule has 0 unspecified atom stereocenters. The molecule has 2 rings (SSSR count). The summed E-state index contributed by atoms with van der Waals surface area (Å²) in [5.74, 6) is 0. The lowest BCUT2D eigenvalue weighted by atomic mass is 10.3. The van der Waals surface area contributed by atoms with Gasteiger partial charge < -0.3 is 10.1 Å². The Labute approximate surface area is 109 Å². The molecule has 0 aliphatic rings. The Morgan fingerprint density at radius 2 is 2.29 bits per heavy atom. The first-order valence-corrected chi connectivity index (χ1v) is 6.23. The molecule has 17 heavy (non-hydrogen) atoms. The monoisotopic (exact) mass is 295 g/mol. The summed E-state index contributed by atoms with van der Waals surface area (Å²) in [7, 11) is 1.71. The zero-order valence-corrected chi connectivity index (χ0v) is 11.2. The van der Waals surface area contributed by atoms with Gasteiger partial charge in [0.05, 0.1) is 11.2 Å². The molecule has 2 aromatic heterocycles. The van der Waals surface area contributed by atoms with Crippen LogP contribution in [0.2, 0.25) is 0 Å². The van der Waals surface area contributed by atoms with Crippen molar-refractivity contribution in [1.82, 2.24) is 9.97 Å². The zero-order chi connectivity index (χ0) is 12.1. The van der Waals surface area contributed by atoms with E-state index in [0.29, 0.717) is 0 Å². The minimum Gasteiger partial charge on any atom is -0.385 e. The second-order valence-corrected chi connectivity index (χ2v) is 4.57. The lowest BCUT2D eigenvalue weighted by molar-refractivity contribution is 0.198. The lowest BCUT2D eigenvalue weighted by Crippen LogP contribution is -2.05. The maximum Gasteiger partial charge on any atom is 0.112 e. The van der Waals surface area contributed by atoms with E-state index in [1.807, 2.05) is 12.1 Å². The van der Waals surface area contributed by atoms with Gasteiger partial charge >= 0.3 is 0 Å². The highest BCUT2D eigenvalue weighted by molar-refractivity contribution is 9.10. The number of nitrogens with one attached hydrogen (secondary N) is 1. The summed E-state index contributed by atoms with van der Waals surface area (Å²) < 4.78 is 5.95. The molecule has 4 nitrogen and oxygen atoms in total. The molecule has 1 N–H and O–H groups in total. The molecule has 0 spiro atoms. The third kappa shape index (κ3) is 3.14. The van der Waals surface area contributed by atoms with Crippen molar-refractivity contribution in [3.05, 3.63) is 29.0 Å². The molecule has 0 saturated heterocycles. The number of methoxy groups -OCH3 is 1. The minimum atomic E-state index is 0.759. The number of aromatic nitrogens is 2. The average molecular weight is 296 g/mol. The van der Waals surface area contributed by atoms with Crippen molar-refractivity contribution in [2.45, 2.75) is 6.42 Å². The number of halogens is 1. The van der Waals surface area contributed by atoms with Crippen LogP contribution >= 0.6 is 15.9 Å². The van der Waals surface area contributed by atoms with Gasteiger partial charge in [0.1, 0.15) is 5.52 Å². The fourth-order valence-electron chi connectivity index (χ4n) is 1.59. The van der Waals surface area contributed by atoms with Crippen LogP contribution in [0, 0.1) is 0 Å². The number of hydrogen-bond donors (Lipinski definition) is 1. The molecule has 0 aliphatic carbocycles. The van der Waals surface area contributed by atoms with E-state index >= 15 is 0 Å². The van der Waals surface area contributed by atoms with Crippen LogP contribution in [-0.4, -0.2) is 30.2 Å². The largest absolute Gasteiger partial charge is 0.385 e. The van der Waals surface area contributed by atoms with E-state index in [1.54, 1.807) is 19.5 Å². The van der Waals surface area contributed by atoms with Crippen molar-refractivity contribution in [3.63, 3.8) is 0 Å². The Morgan fingerprint density at radius 1 is 1.41 bits per heavy atom. The number of ether oxygens (including phenoxy) is 1. The van der Waals surface area contributed by atoms with Crippen LogP contribution in [0.15, 0.2) is 29.0 Å². The first-order valence-electron chi connectivity index (χ1n) is 5.44. The number of fused-ring (bicyclic) bond motifs is 1. The molecule has 90 valence electrons. The fraction of sp³-hybridized carbons (Fsp3) is 0.333. The van der Waals surface area contributed by atoms with Crippen molar-refractivity contribution >= 4 is 32.7 Å². The van der Waals surface area contributed by atoms with Gasteiger partial charge in [-0.05, 0) is 34.5 Å². The molecule has 0 fully saturated rings. The van der Waals surface area contributed by atoms with E-state index in [4.69, 9.17) is 4.74 Å². The average Bonchev–Trinajstić information content (AvgIpc) is 2.34. The van der Waals surface area contributed by atoms with Crippen LogP contribution in [0.4, 0.5) is 5.69 Å². The standard InChI is InChI=1S/C12H14BrN3O/c1-17-6-2-4-14-10-3-5-15-11-7-9(13)8-16-12(10)11/h3,5,7-8H,2,4,6H2,1H3,(H,14,15). The van der Waals surface area contributed by atoms with E-state index in [-0.39, 0.29) is 0 Å². The van der Waals surface area contributed by atoms with Gasteiger partial charge in [0.25, 0.3) is 0 Å². The SMILES string of the molecule is COCCCNc1ccnc2cc(Br)cnc12. The topological polar surface area (TPSA) is 47.0 Å². The minimum absolute atomic E-state index is 0.759. The Morgan fingerprint density at radius 3 is 3.12 bits per heavy atom. The normalized spacial score (nSPS) is 10.7. The van der Waals surface area contributed by atoms with E-state index in [9.17, 15) is 0 Å². The number of anilines is 1. The summed E-state index contributed by atoms with van der Waals surface area (Å²) in [5.41, 5.74) is 2.79. The molecular formula is C12H14BrN3O. The summed E-state index contributed by atoms with van der Waals surface area (Å²) in [6.07, 6.45) is 4.54. The molecule has 0 radical (unpaired) electrons. The van der Waals surface area contributed by atoms with E-state index in [2.05, 4.69) is 31.2 Å². The summed E-state index contributed by atoms with van der Waals surface area (Å²) in [5, 5.41) is 3.34. The van der Waals surface area contributed by atoms with Gasteiger partial charge in [0.2, 0.25) is 0 Å². The second-order valence-electron chi connectivity index (χ2n) is 3.65. The van der Waals surface area contributed by atoms with E-state index < -0.39 is 0 Å². The predicted molar refractivity (Wildman–Crippen MR) is 72.2 cm³/mol. The van der Waals surface area contributed by atoms with Crippen molar-refractivity contribution in [2.75, 3.05) is 25.6 Å². The second kappa shape index (κ2) is 5.93. The van der Waals surface area contributed by atoms with Gasteiger partial charge in [-0.25, -0.2) is 0 Å². The van der Waals surface area contributed by atoms with Gasteiger partial charge in [0, 0.05) is 37.1 Å². The molecular weight excluding hydrogens is 282 g/mol. The molecule has 2 aromatic rings. The van der Waals surface area contributed by atoms with Gasteiger partial charge in [-0.1, -0.05) is 0 Å². The van der Waals surface area contributed by atoms with Crippen molar-refractivity contribution in [1.29, 1.82) is 0 Å². The van der Waals surface area contributed by atoms with Crippen LogP contribution in [0.3, 0.4) is 0 Å². The summed E-state index contributed by atoms with van der Waals surface area (Å²) in [6, 6.07) is 3.90. The maximum atomic E-state index is 5.01. The Hall–Kier alpha value is -1.20. The molecule has 2 heterocycles. The molecule has 0 saturated carbocycles. The quantitative estimate of drug-likeness (QED) is 0.862. The molecule has 0 aliphatic heterocycles. The van der Waals surface area contributed by atoms with Crippen molar-refractivity contribution in [2.24, 2.45) is 0 Å². The molecule has 0 aromatic carbocycles. The van der Waals surface area contributed by atoms with Crippen LogP contribution in [0.1, 0.15) is 6.42 Å². The number of rotatable bonds is 5. The molecule has 0 atom stereocenters. The summed E-state index contributed by atoms with van der Waals surface area (Å²) >= 11 is 3.39. The first kappa shape index (κ1) is 12.3. The maximum absolute atomic E-state index is 5.01. The molecule has 5 heteroatoms. The van der Waals surface area contributed by atoms with Crippen molar-refractivity contribution in [3.8, 4) is 0 Å². The number of nitrogens with zero attached hydrogens (tertiary/aromatic N) is 2. The highest BCUT2D eigenvalue weighted by Gasteiger charge is 2.03. The van der Waals surface area contributed by atoms with Gasteiger partial charge in [0.15, 0.2) is 0 Å². The Balaban J connectivity index is 2.16. The number of pyridine rings is 2. The van der Waals surface area contributed by atoms with E-state index in [0.717, 1.165) is 40.8 Å². The molecule has 0 bridgehead atoms. The van der Waals surface area contributed by atoms with Crippen molar-refractivity contribution < 1.29 is 4.74 Å². The first-order chi connectivity index (χ1) is 8.31. The van der Waals surface area contributed by atoms with Crippen LogP contribution in [0.5, 0.6) is 0 Å². The van der Waals surface area contributed by atoms with Crippen LogP contribution < -0.4 is 5.32 Å². The Bertz CT molecular complexity index is 504. The predicted octanol–water partition coefficient (Wildman–Crippen LogP) is 2.84. The van der Waals surface area contributed by atoms with Gasteiger partial charge in [-0.15, -0.1) is 0 Å². The third-order valence-electron chi connectivity index (χ3n) is 2.38. The lowest BCUT2D eigenvalue weighted by Gasteiger charge is -2.08. The molecule has 0 amide bonds. The summed E-state index contributed by atoms with van der Waals surface area (Å²) in [4.78, 5) is 8.67. The third-order valence-corrected chi connectivity index (χ3v) is 2.82. The van der Waals surface area contributed by atoms with Crippen LogP contribution in [-0.2, 0) is 4.74 Å². The smallest absolute Gasteiger partial charge is 0.112 e. The number of hydrogen-bond acceptors (Lipinski definition) is 4. The fourth-order valence-corrected chi connectivity index (χ4v) is 1.91. The van der Waals surface area contributed by atoms with Gasteiger partial charge in [-0.3, -0.25) is 9.97 Å².